The predicted octanol–water partition coefficient (Wildman–Crippen LogP) is 9.05. The monoisotopic (exact) mass is 707 g/mol. The van der Waals surface area contributed by atoms with Gasteiger partial charge in [-0.3, -0.25) is 10.1 Å². The lowest BCUT2D eigenvalue weighted by molar-refractivity contribution is -0.384. The highest BCUT2D eigenvalue weighted by atomic mass is 32.2. The second kappa shape index (κ2) is 15.6. The van der Waals surface area contributed by atoms with Gasteiger partial charge in [0.25, 0.3) is 5.69 Å². The van der Waals surface area contributed by atoms with Gasteiger partial charge in [-0.25, -0.2) is 9.59 Å². The number of non-ortho nitro benzene ring substituents is 1. The van der Waals surface area contributed by atoms with Gasteiger partial charge in [0.1, 0.15) is 12.2 Å². The molecule has 9 nitrogen and oxygen atoms in total. The van der Waals surface area contributed by atoms with E-state index in [4.69, 9.17) is 9.47 Å². The first-order chi connectivity index (χ1) is 24.5. The molecule has 0 radical (unpaired) electrons. The first-order valence-corrected chi connectivity index (χ1v) is 18.4. The lowest BCUT2D eigenvalue weighted by Crippen LogP contribution is -2.47. The van der Waals surface area contributed by atoms with E-state index in [9.17, 15) is 19.7 Å². The molecule has 2 fully saturated rings. The molecule has 2 atom stereocenters. The Hall–Kier alpha value is -4.83. The van der Waals surface area contributed by atoms with Gasteiger partial charge in [0.2, 0.25) is 0 Å². The fourth-order valence-corrected chi connectivity index (χ4v) is 9.12. The molecule has 2 aliphatic rings. The molecule has 6 rings (SSSR count). The molecule has 0 saturated carbocycles. The summed E-state index contributed by atoms with van der Waals surface area (Å²) in [4.78, 5) is 41.2. The summed E-state index contributed by atoms with van der Waals surface area (Å²) in [5, 5.41) is 11.2. The van der Waals surface area contributed by atoms with E-state index < -0.39 is 21.4 Å². The average Bonchev–Trinajstić information content (AvgIpc) is 3.57. The van der Waals surface area contributed by atoms with Gasteiger partial charge in [-0.1, -0.05) is 91.0 Å². The molecule has 51 heavy (non-hydrogen) atoms. The van der Waals surface area contributed by atoms with Crippen molar-refractivity contribution in [3.63, 3.8) is 0 Å². The average molecular weight is 708 g/mol. The number of amides is 2. The molecule has 4 aromatic rings. The molecule has 0 unspecified atom stereocenters. The number of nitrogens with zero attached hydrogens (tertiary/aromatic N) is 3. The second-order valence-electron chi connectivity index (χ2n) is 14.3. The van der Waals surface area contributed by atoms with E-state index in [1.54, 1.807) is 17.0 Å². The first-order valence-electron chi connectivity index (χ1n) is 17.5. The SMILES string of the molecule is CC(C)(C)OC(=O)N1CCC([C@@H]2C[C@H](SC(c3ccccc3)(c3ccccc3)c3ccccc3)CN2C(=O)OCc2ccc([N+](=O)[O-])cc2)CC1. The molecule has 2 amide bonds. The highest BCUT2D eigenvalue weighted by molar-refractivity contribution is 8.01. The summed E-state index contributed by atoms with van der Waals surface area (Å²) in [6.45, 7) is 7.23. The van der Waals surface area contributed by atoms with Crippen LogP contribution in [-0.2, 0) is 20.8 Å². The Morgan fingerprint density at radius 3 is 1.76 bits per heavy atom. The van der Waals surface area contributed by atoms with Gasteiger partial charge in [0.05, 0.1) is 9.67 Å². The Morgan fingerprint density at radius 2 is 1.29 bits per heavy atom. The Labute approximate surface area is 304 Å². The van der Waals surface area contributed by atoms with Crippen LogP contribution >= 0.6 is 11.8 Å². The zero-order chi connectivity index (χ0) is 36.0. The summed E-state index contributed by atoms with van der Waals surface area (Å²) in [7, 11) is 0. The third-order valence-electron chi connectivity index (χ3n) is 9.67. The number of thioether (sulfide) groups is 1. The molecule has 2 heterocycles. The molecule has 0 aliphatic carbocycles. The van der Waals surface area contributed by atoms with Gasteiger partial charge >= 0.3 is 12.2 Å². The topological polar surface area (TPSA) is 102 Å². The predicted molar refractivity (Wildman–Crippen MR) is 200 cm³/mol. The zero-order valence-corrected chi connectivity index (χ0v) is 30.2. The lowest BCUT2D eigenvalue weighted by Gasteiger charge is -2.38. The molecule has 2 aliphatic heterocycles. The first kappa shape index (κ1) is 36.0. The largest absolute Gasteiger partial charge is 0.445 e. The molecule has 0 bridgehead atoms. The summed E-state index contributed by atoms with van der Waals surface area (Å²) in [6, 6.07) is 37.6. The van der Waals surface area contributed by atoms with Gasteiger partial charge in [-0.2, -0.15) is 0 Å². The zero-order valence-electron chi connectivity index (χ0n) is 29.4. The number of carbonyl (C=O) groups is 2. The lowest BCUT2D eigenvalue weighted by atomic mass is 9.84. The number of nitro groups is 1. The van der Waals surface area contributed by atoms with Crippen molar-refractivity contribution in [1.29, 1.82) is 0 Å². The van der Waals surface area contributed by atoms with Gasteiger partial charge in [0, 0.05) is 43.1 Å². The van der Waals surface area contributed by atoms with Crippen LogP contribution in [0.3, 0.4) is 0 Å². The Balaban J connectivity index is 1.29. The van der Waals surface area contributed by atoms with E-state index in [2.05, 4.69) is 72.8 Å². The number of hydrogen-bond acceptors (Lipinski definition) is 7. The van der Waals surface area contributed by atoms with Crippen LogP contribution in [0.25, 0.3) is 0 Å². The van der Waals surface area contributed by atoms with Crippen LogP contribution in [0.4, 0.5) is 15.3 Å². The molecule has 4 aromatic carbocycles. The van der Waals surface area contributed by atoms with Crippen molar-refractivity contribution in [3.8, 4) is 0 Å². The van der Waals surface area contributed by atoms with Crippen molar-refractivity contribution in [1.82, 2.24) is 9.80 Å². The van der Waals surface area contributed by atoms with E-state index in [-0.39, 0.29) is 35.6 Å². The van der Waals surface area contributed by atoms with Gasteiger partial charge in [-0.05, 0) is 80.3 Å². The second-order valence-corrected chi connectivity index (χ2v) is 15.8. The standard InChI is InChI=1S/C41H45N3O6S/c1-40(2,3)50-38(45)42-25-23-31(24-26-42)37-27-36(28-43(37)39(46)49-29-30-19-21-35(22-20-30)44(47)48)51-41(32-13-7-4-8-14-32,33-15-9-5-10-16-33)34-17-11-6-12-18-34/h4-22,31,36-37H,23-29H2,1-3H3/t36-,37-/m0/s1. The summed E-state index contributed by atoms with van der Waals surface area (Å²) in [5.74, 6) is 0.167. The number of benzene rings is 4. The minimum Gasteiger partial charge on any atom is -0.445 e. The van der Waals surface area contributed by atoms with E-state index in [0.717, 1.165) is 36.0 Å². The Bertz CT molecular complexity index is 1680. The molecule has 10 heteroatoms. The molecule has 0 spiro atoms. The van der Waals surface area contributed by atoms with Crippen LogP contribution in [0.2, 0.25) is 0 Å². The van der Waals surface area contributed by atoms with Crippen LogP contribution in [0.15, 0.2) is 115 Å². The third-order valence-corrected chi connectivity index (χ3v) is 11.4. The smallest absolute Gasteiger partial charge is 0.410 e. The number of carbonyl (C=O) groups excluding carboxylic acids is 2. The highest BCUT2D eigenvalue weighted by Gasteiger charge is 2.47. The quantitative estimate of drug-likeness (QED) is 0.0972. The van der Waals surface area contributed by atoms with E-state index in [1.165, 1.54) is 12.1 Å². The van der Waals surface area contributed by atoms with Crippen molar-refractivity contribution in [2.24, 2.45) is 5.92 Å². The maximum Gasteiger partial charge on any atom is 0.410 e. The number of ether oxygens (including phenoxy) is 2. The highest BCUT2D eigenvalue weighted by Crippen LogP contribution is 2.53. The molecule has 0 N–H and O–H groups in total. The van der Waals surface area contributed by atoms with Crippen LogP contribution in [0.1, 0.15) is 62.3 Å². The maximum absolute atomic E-state index is 14.0. The Morgan fingerprint density at radius 1 is 0.784 bits per heavy atom. The molecular formula is C41H45N3O6S. The fraction of sp³-hybridized carbons (Fsp3) is 0.366. The van der Waals surface area contributed by atoms with Gasteiger partial charge in [0.15, 0.2) is 0 Å². The van der Waals surface area contributed by atoms with Crippen LogP contribution in [0, 0.1) is 16.0 Å². The maximum atomic E-state index is 14.0. The van der Waals surface area contributed by atoms with Crippen molar-refractivity contribution < 1.29 is 24.0 Å². The molecular weight excluding hydrogens is 663 g/mol. The minimum atomic E-state index is -0.573. The van der Waals surface area contributed by atoms with Crippen molar-refractivity contribution in [2.75, 3.05) is 19.6 Å². The van der Waals surface area contributed by atoms with Gasteiger partial charge in [-0.15, -0.1) is 11.8 Å². The van der Waals surface area contributed by atoms with E-state index >= 15 is 0 Å². The van der Waals surface area contributed by atoms with Crippen LogP contribution in [0.5, 0.6) is 0 Å². The summed E-state index contributed by atoms with van der Waals surface area (Å²) in [5.41, 5.74) is 3.58. The van der Waals surface area contributed by atoms with Crippen molar-refractivity contribution in [3.05, 3.63) is 148 Å². The van der Waals surface area contributed by atoms with Crippen LogP contribution < -0.4 is 0 Å². The number of nitro benzene ring substituents is 1. The van der Waals surface area contributed by atoms with E-state index in [1.807, 2.05) is 55.6 Å². The third kappa shape index (κ3) is 8.39. The number of hydrogen-bond donors (Lipinski definition) is 0. The number of likely N-dealkylation sites (tertiary alicyclic amines) is 2. The molecule has 0 aromatic heterocycles. The molecule has 2 saturated heterocycles. The summed E-state index contributed by atoms with van der Waals surface area (Å²) >= 11 is 1.88. The fourth-order valence-electron chi connectivity index (χ4n) is 7.28. The van der Waals surface area contributed by atoms with Crippen molar-refractivity contribution >= 4 is 29.6 Å². The van der Waals surface area contributed by atoms with Crippen molar-refractivity contribution in [2.45, 2.75) is 68.3 Å². The number of rotatable bonds is 9. The Kier molecular flexibility index (Phi) is 11.0. The summed E-state index contributed by atoms with van der Waals surface area (Å²) in [6.07, 6.45) is 1.55. The molecule has 266 valence electrons. The van der Waals surface area contributed by atoms with Crippen LogP contribution in [-0.4, -0.2) is 63.4 Å². The number of piperidine rings is 1. The van der Waals surface area contributed by atoms with Gasteiger partial charge < -0.3 is 19.3 Å². The van der Waals surface area contributed by atoms with E-state index in [0.29, 0.717) is 25.2 Å². The normalized spacial score (nSPS) is 18.3. The minimum absolute atomic E-state index is 0.0108. The summed E-state index contributed by atoms with van der Waals surface area (Å²) < 4.78 is 11.0.